The molecule has 2 amide bonds. The number of hydrogen-bond donors (Lipinski definition) is 2. The minimum Gasteiger partial charge on any atom is -0.383 e. The van der Waals surface area contributed by atoms with Crippen molar-refractivity contribution in [2.75, 3.05) is 11.1 Å². The molecule has 35 heavy (non-hydrogen) atoms. The predicted octanol–water partition coefficient (Wildman–Crippen LogP) is 3.40. The van der Waals surface area contributed by atoms with Crippen LogP contribution in [0.25, 0.3) is 21.9 Å². The molecule has 1 aromatic carbocycles. The van der Waals surface area contributed by atoms with Crippen LogP contribution >= 0.6 is 15.9 Å². The Labute approximate surface area is 207 Å². The monoisotopic (exact) mass is 537 g/mol. The summed E-state index contributed by atoms with van der Waals surface area (Å²) in [6.07, 6.45) is 2.81. The van der Waals surface area contributed by atoms with Crippen LogP contribution in [0, 0.1) is 18.7 Å². The zero-order chi connectivity index (χ0) is 24.4. The minimum atomic E-state index is -0.598. The van der Waals surface area contributed by atoms with E-state index < -0.39 is 6.04 Å². The number of aromatic nitrogens is 4. The maximum Gasteiger partial charge on any atom is 0.248 e. The molecule has 1 saturated carbocycles. The van der Waals surface area contributed by atoms with E-state index in [1.54, 1.807) is 40.7 Å². The summed E-state index contributed by atoms with van der Waals surface area (Å²) < 4.78 is 16.8. The number of nitrogen functional groups attached to an aromatic ring is 1. The third-order valence-corrected chi connectivity index (χ3v) is 7.35. The maximum absolute atomic E-state index is 14.5. The summed E-state index contributed by atoms with van der Waals surface area (Å²) in [5.74, 6) is 0.0993. The molecule has 1 aliphatic heterocycles. The summed E-state index contributed by atoms with van der Waals surface area (Å²) in [7, 11) is 0. The summed E-state index contributed by atoms with van der Waals surface area (Å²) in [4.78, 5) is 41.1. The van der Waals surface area contributed by atoms with Crippen LogP contribution in [0.4, 0.5) is 16.0 Å². The zero-order valence-corrected chi connectivity index (χ0v) is 20.3. The Morgan fingerprint density at radius 1 is 1.26 bits per heavy atom. The molecular weight excluding hydrogens is 517 g/mol. The molecule has 2 fully saturated rings. The largest absolute Gasteiger partial charge is 0.383 e. The topological polar surface area (TPSA) is 119 Å². The highest BCUT2D eigenvalue weighted by atomic mass is 79.9. The molecule has 6 rings (SSSR count). The van der Waals surface area contributed by atoms with Gasteiger partial charge in [-0.2, -0.15) is 0 Å². The Morgan fingerprint density at radius 2 is 2.09 bits per heavy atom. The van der Waals surface area contributed by atoms with Gasteiger partial charge in [0, 0.05) is 11.4 Å². The minimum absolute atomic E-state index is 0.0282. The summed E-state index contributed by atoms with van der Waals surface area (Å²) in [6.45, 7) is 1.57. The van der Waals surface area contributed by atoms with Gasteiger partial charge in [0.1, 0.15) is 46.6 Å². The van der Waals surface area contributed by atoms with Crippen molar-refractivity contribution in [2.24, 2.45) is 5.92 Å². The number of nitrogens with two attached hydrogens (primary N) is 1. The molecule has 11 heteroatoms. The molecule has 1 saturated heterocycles. The summed E-state index contributed by atoms with van der Waals surface area (Å²) in [6, 6.07) is 7.76. The fourth-order valence-electron chi connectivity index (χ4n) is 5.17. The third kappa shape index (κ3) is 3.61. The molecule has 178 valence electrons. The molecule has 1 aliphatic carbocycles. The van der Waals surface area contributed by atoms with Crippen LogP contribution in [0.15, 0.2) is 41.3 Å². The number of aryl methyl sites for hydroxylation is 1. The van der Waals surface area contributed by atoms with Crippen molar-refractivity contribution < 1.29 is 14.0 Å². The highest BCUT2D eigenvalue weighted by Crippen LogP contribution is 2.48. The standard InChI is InChI=1S/C24H21BrFN7O2/c1-11-5-13-16(8-14(11)26)32(23-21(13)22(27)28-10-29-23)9-20(34)33-15-6-12(15)7-17(33)24(35)31-19-4-2-3-18(25)30-19/h2-5,8,10,12,15,17H,6-7,9H2,1H3,(H2,27,28,29)(H,30,31,35)/t12-,15?,17+/m1/s1. The van der Waals surface area contributed by atoms with Gasteiger partial charge in [0.2, 0.25) is 11.8 Å². The van der Waals surface area contributed by atoms with Crippen LogP contribution in [0.2, 0.25) is 0 Å². The first-order valence-corrected chi connectivity index (χ1v) is 12.0. The molecule has 4 aromatic rings. The highest BCUT2D eigenvalue weighted by molar-refractivity contribution is 9.10. The lowest BCUT2D eigenvalue weighted by Crippen LogP contribution is -2.46. The van der Waals surface area contributed by atoms with Gasteiger partial charge in [-0.05, 0) is 71.4 Å². The van der Waals surface area contributed by atoms with E-state index in [2.05, 4.69) is 36.2 Å². The van der Waals surface area contributed by atoms with E-state index in [-0.39, 0.29) is 36.0 Å². The molecular formula is C24H21BrFN7O2. The molecule has 9 nitrogen and oxygen atoms in total. The number of rotatable bonds is 4. The smallest absolute Gasteiger partial charge is 0.248 e. The Morgan fingerprint density at radius 3 is 2.89 bits per heavy atom. The predicted molar refractivity (Wildman–Crippen MR) is 132 cm³/mol. The lowest BCUT2D eigenvalue weighted by molar-refractivity contribution is -0.138. The first-order valence-electron chi connectivity index (χ1n) is 11.2. The summed E-state index contributed by atoms with van der Waals surface area (Å²) in [5, 5.41) is 4.09. The Kier molecular flexibility index (Phi) is 4.99. The molecule has 3 aromatic heterocycles. The first-order chi connectivity index (χ1) is 16.8. The van der Waals surface area contributed by atoms with Crippen LogP contribution < -0.4 is 11.1 Å². The van der Waals surface area contributed by atoms with Gasteiger partial charge in [0.05, 0.1) is 10.9 Å². The number of anilines is 2. The fourth-order valence-corrected chi connectivity index (χ4v) is 5.52. The van der Waals surface area contributed by atoms with Crippen molar-refractivity contribution >= 4 is 61.3 Å². The lowest BCUT2D eigenvalue weighted by Gasteiger charge is -2.27. The second-order valence-corrected chi connectivity index (χ2v) is 9.93. The van der Waals surface area contributed by atoms with E-state index >= 15 is 0 Å². The van der Waals surface area contributed by atoms with Gasteiger partial charge in [-0.15, -0.1) is 0 Å². The normalized spacial score (nSPS) is 20.9. The highest BCUT2D eigenvalue weighted by Gasteiger charge is 2.56. The van der Waals surface area contributed by atoms with Crippen molar-refractivity contribution in [2.45, 2.75) is 38.4 Å². The Hall–Kier alpha value is -3.60. The average molecular weight is 538 g/mol. The zero-order valence-electron chi connectivity index (χ0n) is 18.7. The van der Waals surface area contributed by atoms with Crippen LogP contribution in [-0.4, -0.2) is 48.3 Å². The van der Waals surface area contributed by atoms with Crippen molar-refractivity contribution in [3.63, 3.8) is 0 Å². The number of benzene rings is 1. The quantitative estimate of drug-likeness (QED) is 0.385. The third-order valence-electron chi connectivity index (χ3n) is 6.90. The number of halogens is 2. The van der Waals surface area contributed by atoms with Gasteiger partial charge in [0.25, 0.3) is 0 Å². The van der Waals surface area contributed by atoms with Crippen molar-refractivity contribution in [3.05, 3.63) is 52.6 Å². The summed E-state index contributed by atoms with van der Waals surface area (Å²) in [5.41, 5.74) is 7.56. The molecule has 0 radical (unpaired) electrons. The molecule has 1 unspecified atom stereocenters. The van der Waals surface area contributed by atoms with E-state index in [0.29, 0.717) is 50.3 Å². The van der Waals surface area contributed by atoms with E-state index in [0.717, 1.165) is 6.42 Å². The first kappa shape index (κ1) is 21.9. The number of amides is 2. The molecule has 2 aliphatic rings. The van der Waals surface area contributed by atoms with Crippen molar-refractivity contribution in [1.29, 1.82) is 0 Å². The van der Waals surface area contributed by atoms with Gasteiger partial charge in [-0.25, -0.2) is 19.3 Å². The molecule has 3 N–H and O–H groups in total. The van der Waals surface area contributed by atoms with Gasteiger partial charge < -0.3 is 20.5 Å². The van der Waals surface area contributed by atoms with Crippen molar-refractivity contribution in [1.82, 2.24) is 24.4 Å². The van der Waals surface area contributed by atoms with Gasteiger partial charge in [-0.3, -0.25) is 9.59 Å². The van der Waals surface area contributed by atoms with E-state index in [1.807, 2.05) is 0 Å². The number of piperidine rings is 1. The van der Waals surface area contributed by atoms with E-state index in [9.17, 15) is 14.0 Å². The van der Waals surface area contributed by atoms with E-state index in [4.69, 9.17) is 5.73 Å². The molecule has 3 atom stereocenters. The Bertz CT molecular complexity index is 1540. The number of carbonyl (C=O) groups is 2. The number of nitrogens with one attached hydrogen (secondary N) is 1. The van der Waals surface area contributed by atoms with Gasteiger partial charge >= 0.3 is 0 Å². The van der Waals surface area contributed by atoms with Gasteiger partial charge in [0.15, 0.2) is 0 Å². The average Bonchev–Trinajstić information content (AvgIpc) is 3.37. The van der Waals surface area contributed by atoms with Crippen LogP contribution in [0.5, 0.6) is 0 Å². The number of pyridine rings is 1. The molecule has 0 bridgehead atoms. The number of fused-ring (bicyclic) bond motifs is 4. The number of carbonyl (C=O) groups excluding carboxylic acids is 2. The van der Waals surface area contributed by atoms with Crippen LogP contribution in [-0.2, 0) is 16.1 Å². The van der Waals surface area contributed by atoms with E-state index in [1.165, 1.54) is 12.4 Å². The number of likely N-dealkylation sites (tertiary alicyclic amines) is 1. The number of hydrogen-bond acceptors (Lipinski definition) is 6. The van der Waals surface area contributed by atoms with Crippen LogP contribution in [0.1, 0.15) is 18.4 Å². The van der Waals surface area contributed by atoms with Crippen LogP contribution in [0.3, 0.4) is 0 Å². The second kappa shape index (κ2) is 7.98. The lowest BCUT2D eigenvalue weighted by atomic mass is 10.1. The molecule has 4 heterocycles. The molecule has 0 spiro atoms. The Balaban J connectivity index is 1.34. The maximum atomic E-state index is 14.5. The SMILES string of the molecule is Cc1cc2c3c(N)ncnc3n(CC(=O)N3C4C[C@@H]4C[C@H]3C(=O)Nc3cccc(Br)n3)c2cc1F. The van der Waals surface area contributed by atoms with Gasteiger partial charge in [-0.1, -0.05) is 6.07 Å². The van der Waals surface area contributed by atoms with Crippen molar-refractivity contribution in [3.8, 4) is 0 Å². The number of nitrogens with zero attached hydrogens (tertiary/aromatic N) is 5. The second-order valence-electron chi connectivity index (χ2n) is 9.11. The summed E-state index contributed by atoms with van der Waals surface area (Å²) >= 11 is 3.30. The fraction of sp³-hybridized carbons (Fsp3) is 0.292.